The number of thiazole rings is 1. The second-order valence-electron chi connectivity index (χ2n) is 3.85. The summed E-state index contributed by atoms with van der Waals surface area (Å²) in [5, 5.41) is 0.661. The number of ether oxygens (including phenoxy) is 1. The molecule has 1 heterocycles. The van der Waals surface area contributed by atoms with Gasteiger partial charge in [-0.3, -0.25) is 0 Å². The molecular weight excluding hydrogens is 300 g/mol. The van der Waals surface area contributed by atoms with E-state index in [-0.39, 0.29) is 17.0 Å². The lowest BCUT2D eigenvalue weighted by atomic mass is 9.93. The summed E-state index contributed by atoms with van der Waals surface area (Å²) >= 11 is 1.60. The van der Waals surface area contributed by atoms with E-state index in [1.165, 1.54) is 16.0 Å². The topological polar surface area (TPSA) is 48.1 Å². The highest BCUT2D eigenvalue weighted by molar-refractivity contribution is 7.15. The van der Waals surface area contributed by atoms with Crippen LogP contribution in [0.4, 0.5) is 5.13 Å². The van der Waals surface area contributed by atoms with Gasteiger partial charge in [-0.05, 0) is 36.6 Å². The van der Waals surface area contributed by atoms with Crippen LogP contribution in [0.2, 0.25) is 0 Å². The second-order valence-corrected chi connectivity index (χ2v) is 4.96. The van der Waals surface area contributed by atoms with Gasteiger partial charge in [-0.1, -0.05) is 0 Å². The highest BCUT2D eigenvalue weighted by Gasteiger charge is 2.20. The summed E-state index contributed by atoms with van der Waals surface area (Å²) in [6, 6.07) is 6.14. The molecule has 2 aromatic rings. The van der Waals surface area contributed by atoms with Crippen LogP contribution in [-0.4, -0.2) is 12.1 Å². The number of methoxy groups -OCH3 is 1. The summed E-state index contributed by atoms with van der Waals surface area (Å²) in [7, 11) is 1.69. The van der Waals surface area contributed by atoms with Crippen LogP contribution in [0.15, 0.2) is 18.2 Å². The van der Waals surface area contributed by atoms with Gasteiger partial charge in [0, 0.05) is 10.4 Å². The van der Waals surface area contributed by atoms with Crippen LogP contribution in [0, 0.1) is 0 Å². The molecule has 0 aliphatic heterocycles. The summed E-state index contributed by atoms with van der Waals surface area (Å²) < 4.78 is 5.23. The number of anilines is 1. The van der Waals surface area contributed by atoms with Crippen molar-refractivity contribution in [2.75, 3.05) is 12.8 Å². The Morgan fingerprint density at radius 1 is 1.35 bits per heavy atom. The van der Waals surface area contributed by atoms with Gasteiger partial charge in [-0.2, -0.15) is 0 Å². The fraction of sp³-hybridized carbons (Fsp3) is 0.250. The molecule has 5 heteroatoms. The third-order valence-electron chi connectivity index (χ3n) is 2.90. The van der Waals surface area contributed by atoms with Gasteiger partial charge >= 0.3 is 0 Å². The van der Waals surface area contributed by atoms with Crippen molar-refractivity contribution < 1.29 is 21.7 Å². The maximum Gasteiger partial charge on any atom is 0.180 e. The number of nitrogen functional groups attached to an aromatic ring is 1. The van der Waals surface area contributed by atoms with Gasteiger partial charge in [-0.25, -0.2) is 4.98 Å². The van der Waals surface area contributed by atoms with Crippen LogP contribution in [-0.2, 0) is 12.8 Å². The summed E-state index contributed by atoms with van der Waals surface area (Å²) in [5.41, 5.74) is 9.32. The van der Waals surface area contributed by atoms with Crippen LogP contribution >= 0.6 is 11.3 Å². The first-order valence-electron chi connectivity index (χ1n) is 5.20. The number of nitrogens with two attached hydrogens (primary N) is 1. The first kappa shape index (κ1) is 12.4. The molecule has 2 N–H and O–H groups in total. The Balaban J connectivity index is 0.00000108. The number of hydrogen-bond donors (Lipinski definition) is 1. The van der Waals surface area contributed by atoms with Gasteiger partial charge in [0.15, 0.2) is 5.13 Å². The van der Waals surface area contributed by atoms with Gasteiger partial charge in [-0.15, -0.1) is 11.3 Å². The molecule has 17 heavy (non-hydrogen) atoms. The molecule has 1 aliphatic rings. The summed E-state index contributed by atoms with van der Waals surface area (Å²) in [5.74, 6) is 0.908. The molecule has 0 radical (unpaired) electrons. The Bertz CT molecular complexity index is 553. The maximum atomic E-state index is 5.75. The Hall–Kier alpha value is -1.07. The molecule has 90 valence electrons. The van der Waals surface area contributed by atoms with Crippen LogP contribution in [0.5, 0.6) is 5.75 Å². The fourth-order valence-electron chi connectivity index (χ4n) is 2.13. The summed E-state index contributed by atoms with van der Waals surface area (Å²) in [6.45, 7) is 0. The van der Waals surface area contributed by atoms with Crippen molar-refractivity contribution in [2.45, 2.75) is 12.8 Å². The highest BCUT2D eigenvalue weighted by atomic mass is 79.9. The predicted octanol–water partition coefficient (Wildman–Crippen LogP) is -0.497. The average Bonchev–Trinajstić information content (AvgIpc) is 2.69. The van der Waals surface area contributed by atoms with Crippen molar-refractivity contribution in [3.8, 4) is 17.0 Å². The Morgan fingerprint density at radius 2 is 2.18 bits per heavy atom. The lowest BCUT2D eigenvalue weighted by molar-refractivity contribution is -0.00000353. The van der Waals surface area contributed by atoms with Gasteiger partial charge in [0.2, 0.25) is 0 Å². The molecule has 0 amide bonds. The molecular formula is C12H12BrN2OS-. The standard InChI is InChI=1S/C12H12N2OS.BrH/c1-15-8-3-4-9-7(6-8)2-5-10-11(9)14-12(13)16-10;/h3-4,6H,2,5H2,1H3,(H2,13,14);1H/p-1. The quantitative estimate of drug-likeness (QED) is 0.773. The minimum atomic E-state index is 0. The SMILES string of the molecule is COc1ccc2c(c1)CCc1sc(N)nc1-2.[Br-]. The highest BCUT2D eigenvalue weighted by Crippen LogP contribution is 2.38. The van der Waals surface area contributed by atoms with E-state index in [4.69, 9.17) is 10.5 Å². The largest absolute Gasteiger partial charge is 1.00 e. The van der Waals surface area contributed by atoms with E-state index in [0.717, 1.165) is 24.3 Å². The van der Waals surface area contributed by atoms with E-state index in [0.29, 0.717) is 5.13 Å². The number of rotatable bonds is 1. The molecule has 0 atom stereocenters. The molecule has 3 rings (SSSR count). The molecule has 3 nitrogen and oxygen atoms in total. The number of aryl methyl sites for hydroxylation is 2. The molecule has 0 fully saturated rings. The average molecular weight is 312 g/mol. The van der Waals surface area contributed by atoms with Crippen LogP contribution in [0.3, 0.4) is 0 Å². The van der Waals surface area contributed by atoms with Gasteiger partial charge in [0.05, 0.1) is 12.8 Å². The smallest absolute Gasteiger partial charge is 0.180 e. The second kappa shape index (κ2) is 4.66. The molecule has 0 saturated heterocycles. The number of benzene rings is 1. The van der Waals surface area contributed by atoms with Crippen LogP contribution < -0.4 is 27.5 Å². The molecule has 0 spiro atoms. The Morgan fingerprint density at radius 3 is 2.94 bits per heavy atom. The molecule has 0 bridgehead atoms. The van der Waals surface area contributed by atoms with E-state index < -0.39 is 0 Å². The lowest BCUT2D eigenvalue weighted by Crippen LogP contribution is -3.00. The number of nitrogens with zero attached hydrogens (tertiary/aromatic N) is 1. The van der Waals surface area contributed by atoms with E-state index in [1.807, 2.05) is 6.07 Å². The zero-order valence-corrected chi connectivity index (χ0v) is 11.8. The normalized spacial score (nSPS) is 12.3. The van der Waals surface area contributed by atoms with Crippen LogP contribution in [0.1, 0.15) is 10.4 Å². The summed E-state index contributed by atoms with van der Waals surface area (Å²) in [6.07, 6.45) is 2.07. The van der Waals surface area contributed by atoms with E-state index in [9.17, 15) is 0 Å². The molecule has 1 aromatic heterocycles. The Kier molecular flexibility index (Phi) is 3.40. The minimum absolute atomic E-state index is 0. The lowest BCUT2D eigenvalue weighted by Gasteiger charge is -2.15. The first-order chi connectivity index (χ1) is 7.78. The van der Waals surface area contributed by atoms with E-state index >= 15 is 0 Å². The number of aromatic nitrogens is 1. The van der Waals surface area contributed by atoms with Crippen molar-refractivity contribution in [2.24, 2.45) is 0 Å². The van der Waals surface area contributed by atoms with Gasteiger partial charge in [0.1, 0.15) is 5.75 Å². The maximum absolute atomic E-state index is 5.75. The minimum Gasteiger partial charge on any atom is -1.00 e. The monoisotopic (exact) mass is 311 g/mol. The van der Waals surface area contributed by atoms with Gasteiger partial charge < -0.3 is 27.5 Å². The van der Waals surface area contributed by atoms with E-state index in [1.54, 1.807) is 18.4 Å². The zero-order chi connectivity index (χ0) is 11.1. The van der Waals surface area contributed by atoms with Crippen molar-refractivity contribution in [1.82, 2.24) is 4.98 Å². The molecule has 0 saturated carbocycles. The number of fused-ring (bicyclic) bond motifs is 3. The van der Waals surface area contributed by atoms with Crippen molar-refractivity contribution in [3.05, 3.63) is 28.6 Å². The molecule has 1 aromatic carbocycles. The third kappa shape index (κ3) is 2.05. The molecule has 1 aliphatic carbocycles. The fourth-order valence-corrected chi connectivity index (χ4v) is 2.98. The number of halogens is 1. The van der Waals surface area contributed by atoms with Crippen molar-refractivity contribution in [1.29, 1.82) is 0 Å². The third-order valence-corrected chi connectivity index (χ3v) is 3.85. The van der Waals surface area contributed by atoms with E-state index in [2.05, 4.69) is 17.1 Å². The Labute approximate surface area is 114 Å². The molecule has 0 unspecified atom stereocenters. The summed E-state index contributed by atoms with van der Waals surface area (Å²) in [4.78, 5) is 5.70. The number of hydrogen-bond acceptors (Lipinski definition) is 4. The predicted molar refractivity (Wildman–Crippen MR) is 65.9 cm³/mol. The zero-order valence-electron chi connectivity index (χ0n) is 9.37. The van der Waals surface area contributed by atoms with Crippen molar-refractivity contribution >= 4 is 16.5 Å². The van der Waals surface area contributed by atoms with Crippen LogP contribution in [0.25, 0.3) is 11.3 Å². The van der Waals surface area contributed by atoms with Gasteiger partial charge in [0.25, 0.3) is 0 Å². The van der Waals surface area contributed by atoms with Crippen molar-refractivity contribution in [3.63, 3.8) is 0 Å². The first-order valence-corrected chi connectivity index (χ1v) is 6.02.